The number of hydrogen-bond donors (Lipinski definition) is 1. The minimum atomic E-state index is -0.194. The zero-order valence-corrected chi connectivity index (χ0v) is 10.4. The fourth-order valence-corrected chi connectivity index (χ4v) is 1.99. The van der Waals surface area contributed by atoms with E-state index in [-0.39, 0.29) is 11.9 Å². The number of nitrogens with zero attached hydrogens (tertiary/aromatic N) is 1. The Morgan fingerprint density at radius 3 is 2.61 bits per heavy atom. The summed E-state index contributed by atoms with van der Waals surface area (Å²) in [5.41, 5.74) is 2.27. The molecular formula is C15H17FN2. The zero-order chi connectivity index (χ0) is 12.8. The molecule has 0 saturated carbocycles. The van der Waals surface area contributed by atoms with Gasteiger partial charge in [-0.15, -0.1) is 0 Å². The Hall–Kier alpha value is -1.74. The van der Waals surface area contributed by atoms with E-state index >= 15 is 0 Å². The van der Waals surface area contributed by atoms with Crippen LogP contribution in [0.1, 0.15) is 24.1 Å². The molecule has 0 fully saturated rings. The lowest BCUT2D eigenvalue weighted by Gasteiger charge is -2.18. The van der Waals surface area contributed by atoms with Gasteiger partial charge >= 0.3 is 0 Å². The van der Waals surface area contributed by atoms with Gasteiger partial charge in [-0.2, -0.15) is 0 Å². The van der Waals surface area contributed by atoms with Crippen LogP contribution in [0, 0.1) is 5.82 Å². The Kier molecular flexibility index (Phi) is 4.42. The van der Waals surface area contributed by atoms with Crippen molar-refractivity contribution in [2.45, 2.75) is 19.4 Å². The molecule has 0 radical (unpaired) electrons. The van der Waals surface area contributed by atoms with Crippen LogP contribution < -0.4 is 5.32 Å². The van der Waals surface area contributed by atoms with Gasteiger partial charge in [-0.1, -0.05) is 25.1 Å². The van der Waals surface area contributed by atoms with E-state index in [9.17, 15) is 4.39 Å². The van der Waals surface area contributed by atoms with Gasteiger partial charge in [0.2, 0.25) is 0 Å². The molecule has 1 aromatic carbocycles. The van der Waals surface area contributed by atoms with Crippen molar-refractivity contribution in [3.63, 3.8) is 0 Å². The van der Waals surface area contributed by atoms with Gasteiger partial charge in [0, 0.05) is 18.4 Å². The molecule has 1 N–H and O–H groups in total. The Balaban J connectivity index is 2.14. The molecule has 0 amide bonds. The van der Waals surface area contributed by atoms with Crippen molar-refractivity contribution in [2.75, 3.05) is 6.54 Å². The van der Waals surface area contributed by atoms with E-state index in [0.717, 1.165) is 24.1 Å². The summed E-state index contributed by atoms with van der Waals surface area (Å²) in [4.78, 5) is 4.14. The summed E-state index contributed by atoms with van der Waals surface area (Å²) in [5, 5.41) is 3.43. The Morgan fingerprint density at radius 2 is 2.00 bits per heavy atom. The number of likely N-dealkylation sites (N-methyl/N-ethyl adjacent to an activating group) is 1. The first kappa shape index (κ1) is 12.7. The zero-order valence-electron chi connectivity index (χ0n) is 10.4. The normalized spacial score (nSPS) is 12.3. The second-order valence-corrected chi connectivity index (χ2v) is 4.23. The highest BCUT2D eigenvalue weighted by molar-refractivity contribution is 5.22. The molecule has 1 atom stereocenters. The second-order valence-electron chi connectivity index (χ2n) is 4.23. The fourth-order valence-electron chi connectivity index (χ4n) is 1.99. The third kappa shape index (κ3) is 3.37. The largest absolute Gasteiger partial charge is 0.310 e. The maximum Gasteiger partial charge on any atom is 0.123 e. The van der Waals surface area contributed by atoms with Crippen LogP contribution in [0.15, 0.2) is 48.8 Å². The molecular weight excluding hydrogens is 227 g/mol. The van der Waals surface area contributed by atoms with Crippen LogP contribution >= 0.6 is 0 Å². The first-order valence-corrected chi connectivity index (χ1v) is 6.17. The van der Waals surface area contributed by atoms with Crippen LogP contribution in [0.5, 0.6) is 0 Å². The predicted octanol–water partition coefficient (Wildman–Crippen LogP) is 3.11. The molecule has 94 valence electrons. The number of rotatable bonds is 5. The summed E-state index contributed by atoms with van der Waals surface area (Å²) in [6.07, 6.45) is 4.47. The monoisotopic (exact) mass is 244 g/mol. The van der Waals surface area contributed by atoms with E-state index in [2.05, 4.69) is 23.3 Å². The van der Waals surface area contributed by atoms with Crippen molar-refractivity contribution in [2.24, 2.45) is 0 Å². The summed E-state index contributed by atoms with van der Waals surface area (Å²) in [7, 11) is 0. The van der Waals surface area contributed by atoms with Gasteiger partial charge in [0.15, 0.2) is 0 Å². The quantitative estimate of drug-likeness (QED) is 0.874. The third-order valence-corrected chi connectivity index (χ3v) is 2.89. The Bertz CT molecular complexity index is 468. The van der Waals surface area contributed by atoms with Crippen LogP contribution in [0.25, 0.3) is 0 Å². The standard InChI is InChI=1S/C15H17FN2/c1-2-18-15(13-4-3-9-17-11-13)10-12-5-7-14(16)8-6-12/h3-9,11,15,18H,2,10H2,1H3. The predicted molar refractivity (Wildman–Crippen MR) is 70.8 cm³/mol. The molecule has 1 heterocycles. The topological polar surface area (TPSA) is 24.9 Å². The second kappa shape index (κ2) is 6.26. The molecule has 2 aromatic rings. The highest BCUT2D eigenvalue weighted by Gasteiger charge is 2.10. The number of hydrogen-bond acceptors (Lipinski definition) is 2. The molecule has 2 nitrogen and oxygen atoms in total. The molecule has 0 aliphatic rings. The third-order valence-electron chi connectivity index (χ3n) is 2.89. The smallest absolute Gasteiger partial charge is 0.123 e. The first-order valence-electron chi connectivity index (χ1n) is 6.17. The van der Waals surface area contributed by atoms with Gasteiger partial charge in [0.05, 0.1) is 0 Å². The van der Waals surface area contributed by atoms with Crippen LogP contribution in [-0.4, -0.2) is 11.5 Å². The maximum atomic E-state index is 12.9. The number of aromatic nitrogens is 1. The first-order chi connectivity index (χ1) is 8.79. The Morgan fingerprint density at radius 1 is 1.22 bits per heavy atom. The molecule has 2 rings (SSSR count). The lowest BCUT2D eigenvalue weighted by atomic mass is 10.0. The van der Waals surface area contributed by atoms with Crippen LogP contribution in [-0.2, 0) is 6.42 Å². The highest BCUT2D eigenvalue weighted by Crippen LogP contribution is 2.17. The summed E-state index contributed by atoms with van der Waals surface area (Å²) in [6, 6.07) is 10.9. The lowest BCUT2D eigenvalue weighted by molar-refractivity contribution is 0.547. The molecule has 0 spiro atoms. The number of halogens is 1. The lowest BCUT2D eigenvalue weighted by Crippen LogP contribution is -2.23. The average molecular weight is 244 g/mol. The van der Waals surface area contributed by atoms with E-state index in [0.29, 0.717) is 0 Å². The van der Waals surface area contributed by atoms with Crippen molar-refractivity contribution < 1.29 is 4.39 Å². The van der Waals surface area contributed by atoms with Crippen molar-refractivity contribution in [1.29, 1.82) is 0 Å². The average Bonchev–Trinajstić information content (AvgIpc) is 2.42. The maximum absolute atomic E-state index is 12.9. The summed E-state index contributed by atoms with van der Waals surface area (Å²) in [5.74, 6) is -0.194. The van der Waals surface area contributed by atoms with Gasteiger partial charge in [-0.05, 0) is 42.3 Å². The highest BCUT2D eigenvalue weighted by atomic mass is 19.1. The number of nitrogens with one attached hydrogen (secondary N) is 1. The molecule has 18 heavy (non-hydrogen) atoms. The molecule has 0 bridgehead atoms. The fraction of sp³-hybridized carbons (Fsp3) is 0.267. The van der Waals surface area contributed by atoms with Crippen LogP contribution in [0.3, 0.4) is 0 Å². The van der Waals surface area contributed by atoms with Gasteiger partial charge in [0.25, 0.3) is 0 Å². The van der Waals surface area contributed by atoms with Gasteiger partial charge in [0.1, 0.15) is 5.82 Å². The van der Waals surface area contributed by atoms with E-state index < -0.39 is 0 Å². The summed E-state index contributed by atoms with van der Waals surface area (Å²) >= 11 is 0. The van der Waals surface area contributed by atoms with Gasteiger partial charge in [-0.25, -0.2) is 4.39 Å². The van der Waals surface area contributed by atoms with E-state index in [1.165, 1.54) is 12.1 Å². The molecule has 1 unspecified atom stereocenters. The van der Waals surface area contributed by atoms with Gasteiger partial charge < -0.3 is 5.32 Å². The molecule has 3 heteroatoms. The summed E-state index contributed by atoms with van der Waals surface area (Å²) in [6.45, 7) is 2.97. The Labute approximate surface area is 107 Å². The van der Waals surface area contributed by atoms with Crippen molar-refractivity contribution in [1.82, 2.24) is 10.3 Å². The van der Waals surface area contributed by atoms with E-state index in [1.54, 1.807) is 6.20 Å². The minimum Gasteiger partial charge on any atom is -0.310 e. The molecule has 0 saturated heterocycles. The van der Waals surface area contributed by atoms with Crippen LogP contribution in [0.2, 0.25) is 0 Å². The molecule has 0 aliphatic carbocycles. The summed E-state index contributed by atoms with van der Waals surface area (Å²) < 4.78 is 12.9. The molecule has 0 aliphatic heterocycles. The SMILES string of the molecule is CCNC(Cc1ccc(F)cc1)c1cccnc1. The number of pyridine rings is 1. The minimum absolute atomic E-state index is 0.194. The van der Waals surface area contributed by atoms with Crippen molar-refractivity contribution >= 4 is 0 Å². The van der Waals surface area contributed by atoms with E-state index in [1.807, 2.05) is 24.4 Å². The van der Waals surface area contributed by atoms with Crippen molar-refractivity contribution in [3.8, 4) is 0 Å². The van der Waals surface area contributed by atoms with Crippen LogP contribution in [0.4, 0.5) is 4.39 Å². The molecule has 1 aromatic heterocycles. The van der Waals surface area contributed by atoms with Gasteiger partial charge in [-0.3, -0.25) is 4.98 Å². The van der Waals surface area contributed by atoms with Crippen molar-refractivity contribution in [3.05, 3.63) is 65.7 Å². The van der Waals surface area contributed by atoms with E-state index in [4.69, 9.17) is 0 Å². The number of benzene rings is 1.